The van der Waals surface area contributed by atoms with Gasteiger partial charge in [-0.1, -0.05) is 23.2 Å². The number of rotatable bonds is 8. The molecule has 0 aromatic heterocycles. The molecule has 0 unspecified atom stereocenters. The van der Waals surface area contributed by atoms with Crippen LogP contribution in [0.15, 0.2) is 18.2 Å². The van der Waals surface area contributed by atoms with Gasteiger partial charge in [-0.3, -0.25) is 4.79 Å². The molecule has 0 spiro atoms. The number of carboxylic acids is 1. The van der Waals surface area contributed by atoms with E-state index in [0.717, 1.165) is 0 Å². The maximum Gasteiger partial charge on any atom is 0.326 e. The van der Waals surface area contributed by atoms with Crippen LogP contribution in [0.2, 0.25) is 10.0 Å². The van der Waals surface area contributed by atoms with Crippen molar-refractivity contribution in [1.29, 1.82) is 0 Å². The molecule has 0 aliphatic rings. The summed E-state index contributed by atoms with van der Waals surface area (Å²) in [6.07, 6.45) is 2.23. The van der Waals surface area contributed by atoms with E-state index < -0.39 is 17.9 Å². The monoisotopic (exact) mass is 351 g/mol. The zero-order valence-electron chi connectivity index (χ0n) is 11.3. The Bertz CT molecular complexity index is 513. The largest absolute Gasteiger partial charge is 0.484 e. The van der Waals surface area contributed by atoms with Crippen molar-refractivity contribution in [3.8, 4) is 5.75 Å². The molecule has 0 fully saturated rings. The van der Waals surface area contributed by atoms with E-state index in [9.17, 15) is 9.59 Å². The van der Waals surface area contributed by atoms with E-state index in [4.69, 9.17) is 33.0 Å². The molecule has 5 nitrogen and oxygen atoms in total. The Labute approximate surface area is 136 Å². The van der Waals surface area contributed by atoms with Gasteiger partial charge in [-0.05, 0) is 30.6 Å². The fourth-order valence-electron chi connectivity index (χ4n) is 1.44. The molecule has 0 saturated carbocycles. The Morgan fingerprint density at radius 1 is 1.38 bits per heavy atom. The fourth-order valence-corrected chi connectivity index (χ4v) is 2.20. The van der Waals surface area contributed by atoms with Crippen molar-refractivity contribution in [2.45, 2.75) is 12.5 Å². The SMILES string of the molecule is CSCC[C@H](NC(=O)COc1ccc(Cl)c(Cl)c1)C(=O)O. The molecule has 116 valence electrons. The highest BCUT2D eigenvalue weighted by molar-refractivity contribution is 7.98. The minimum Gasteiger partial charge on any atom is -0.484 e. The van der Waals surface area contributed by atoms with Crippen molar-refractivity contribution in [2.24, 2.45) is 0 Å². The van der Waals surface area contributed by atoms with Gasteiger partial charge in [-0.25, -0.2) is 4.79 Å². The predicted octanol–water partition coefficient (Wildman–Crippen LogP) is 2.69. The first-order chi connectivity index (χ1) is 9.93. The number of aliphatic carboxylic acids is 1. The summed E-state index contributed by atoms with van der Waals surface area (Å²) < 4.78 is 5.24. The maximum atomic E-state index is 11.7. The van der Waals surface area contributed by atoms with Gasteiger partial charge in [0.1, 0.15) is 11.8 Å². The lowest BCUT2D eigenvalue weighted by Crippen LogP contribution is -2.43. The minimum absolute atomic E-state index is 0.291. The molecule has 1 aromatic carbocycles. The van der Waals surface area contributed by atoms with Crippen LogP contribution in [-0.4, -0.2) is 41.6 Å². The van der Waals surface area contributed by atoms with Crippen LogP contribution in [0.1, 0.15) is 6.42 Å². The molecule has 0 aliphatic carbocycles. The first-order valence-corrected chi connectivity index (χ1v) is 8.18. The fraction of sp³-hybridized carbons (Fsp3) is 0.385. The molecule has 0 bridgehead atoms. The van der Waals surface area contributed by atoms with Crippen molar-refractivity contribution < 1.29 is 19.4 Å². The number of nitrogens with one attached hydrogen (secondary N) is 1. The number of ether oxygens (including phenoxy) is 1. The minimum atomic E-state index is -1.06. The Balaban J connectivity index is 2.48. The van der Waals surface area contributed by atoms with Crippen LogP contribution in [0.4, 0.5) is 0 Å². The van der Waals surface area contributed by atoms with E-state index in [0.29, 0.717) is 28.0 Å². The topological polar surface area (TPSA) is 75.6 Å². The number of hydrogen-bond donors (Lipinski definition) is 2. The number of carbonyl (C=O) groups is 2. The van der Waals surface area contributed by atoms with Gasteiger partial charge < -0.3 is 15.2 Å². The molecule has 1 atom stereocenters. The lowest BCUT2D eigenvalue weighted by atomic mass is 10.2. The van der Waals surface area contributed by atoms with Gasteiger partial charge in [0.15, 0.2) is 6.61 Å². The molecule has 0 aliphatic heterocycles. The number of hydrogen-bond acceptors (Lipinski definition) is 4. The molecule has 0 saturated heterocycles. The number of halogens is 2. The van der Waals surface area contributed by atoms with Crippen LogP contribution in [0.3, 0.4) is 0 Å². The molecule has 8 heteroatoms. The zero-order valence-corrected chi connectivity index (χ0v) is 13.6. The molecule has 1 amide bonds. The molecular formula is C13H15Cl2NO4S. The van der Waals surface area contributed by atoms with Gasteiger partial charge >= 0.3 is 5.97 Å². The van der Waals surface area contributed by atoms with E-state index >= 15 is 0 Å². The highest BCUT2D eigenvalue weighted by Crippen LogP contribution is 2.26. The Morgan fingerprint density at radius 2 is 2.10 bits per heavy atom. The van der Waals surface area contributed by atoms with Crippen LogP contribution >= 0.6 is 35.0 Å². The molecule has 0 radical (unpaired) electrons. The summed E-state index contributed by atoms with van der Waals surface area (Å²) in [5.74, 6) is -0.540. The third-order valence-electron chi connectivity index (χ3n) is 2.50. The first-order valence-electron chi connectivity index (χ1n) is 6.03. The van der Waals surface area contributed by atoms with Gasteiger partial charge in [-0.2, -0.15) is 11.8 Å². The van der Waals surface area contributed by atoms with Gasteiger partial charge in [0.05, 0.1) is 10.0 Å². The quantitative estimate of drug-likeness (QED) is 0.752. The average molecular weight is 352 g/mol. The summed E-state index contributed by atoms with van der Waals surface area (Å²) in [6.45, 7) is -0.291. The van der Waals surface area contributed by atoms with Crippen LogP contribution in [0.5, 0.6) is 5.75 Å². The number of benzene rings is 1. The van der Waals surface area contributed by atoms with E-state index in [2.05, 4.69) is 5.32 Å². The lowest BCUT2D eigenvalue weighted by Gasteiger charge is -2.14. The van der Waals surface area contributed by atoms with E-state index in [1.165, 1.54) is 17.8 Å². The van der Waals surface area contributed by atoms with Crippen molar-refractivity contribution >= 4 is 46.8 Å². The molecule has 1 aromatic rings. The second-order valence-corrected chi connectivity index (χ2v) is 5.90. The predicted molar refractivity (Wildman–Crippen MR) is 84.5 cm³/mol. The second-order valence-electron chi connectivity index (χ2n) is 4.10. The zero-order chi connectivity index (χ0) is 15.8. The number of carboxylic acid groups (broad SMARTS) is 1. The Hall–Kier alpha value is -1.11. The van der Waals surface area contributed by atoms with Gasteiger partial charge in [-0.15, -0.1) is 0 Å². The number of carbonyl (C=O) groups excluding carboxylic acids is 1. The van der Waals surface area contributed by atoms with Gasteiger partial charge in [0.2, 0.25) is 0 Å². The smallest absolute Gasteiger partial charge is 0.326 e. The van der Waals surface area contributed by atoms with E-state index in [-0.39, 0.29) is 6.61 Å². The highest BCUT2D eigenvalue weighted by Gasteiger charge is 2.19. The molecule has 0 heterocycles. The molecular weight excluding hydrogens is 337 g/mol. The van der Waals surface area contributed by atoms with Crippen molar-refractivity contribution in [3.05, 3.63) is 28.2 Å². The molecule has 2 N–H and O–H groups in total. The summed E-state index contributed by atoms with van der Waals surface area (Å²) in [5, 5.41) is 12.1. The normalized spacial score (nSPS) is 11.8. The van der Waals surface area contributed by atoms with Crippen LogP contribution in [0.25, 0.3) is 0 Å². The maximum absolute atomic E-state index is 11.7. The van der Waals surface area contributed by atoms with Crippen molar-refractivity contribution in [2.75, 3.05) is 18.6 Å². The third kappa shape index (κ3) is 6.46. The molecule has 1 rings (SSSR count). The Kier molecular flexibility index (Phi) is 7.71. The molecule has 21 heavy (non-hydrogen) atoms. The van der Waals surface area contributed by atoms with Crippen molar-refractivity contribution in [3.63, 3.8) is 0 Å². The van der Waals surface area contributed by atoms with E-state index in [1.807, 2.05) is 6.26 Å². The summed E-state index contributed by atoms with van der Waals surface area (Å²) in [4.78, 5) is 22.7. The van der Waals surface area contributed by atoms with Crippen LogP contribution < -0.4 is 10.1 Å². The summed E-state index contributed by atoms with van der Waals surface area (Å²) in [6, 6.07) is 3.70. The van der Waals surface area contributed by atoms with Gasteiger partial charge in [0, 0.05) is 6.07 Å². The third-order valence-corrected chi connectivity index (χ3v) is 3.89. The van der Waals surface area contributed by atoms with Gasteiger partial charge in [0.25, 0.3) is 5.91 Å². The first kappa shape index (κ1) is 17.9. The van der Waals surface area contributed by atoms with Crippen LogP contribution in [-0.2, 0) is 9.59 Å². The average Bonchev–Trinajstić information content (AvgIpc) is 2.44. The van der Waals surface area contributed by atoms with E-state index in [1.54, 1.807) is 12.1 Å². The second kappa shape index (κ2) is 9.02. The highest BCUT2D eigenvalue weighted by atomic mass is 35.5. The summed E-state index contributed by atoms with van der Waals surface area (Å²) in [7, 11) is 0. The number of thioether (sulfide) groups is 1. The lowest BCUT2D eigenvalue weighted by molar-refractivity contribution is -0.142. The Morgan fingerprint density at radius 3 is 2.67 bits per heavy atom. The van der Waals surface area contributed by atoms with Crippen LogP contribution in [0, 0.1) is 0 Å². The summed E-state index contributed by atoms with van der Waals surface area (Å²) in [5.41, 5.74) is 0. The summed E-state index contributed by atoms with van der Waals surface area (Å²) >= 11 is 13.1. The van der Waals surface area contributed by atoms with Crippen molar-refractivity contribution in [1.82, 2.24) is 5.32 Å². The standard InChI is InChI=1S/C13H15Cl2NO4S/c1-21-5-4-11(13(18)19)16-12(17)7-20-8-2-3-9(14)10(15)6-8/h2-3,6,11H,4-5,7H2,1H3,(H,16,17)(H,18,19)/t11-/m0/s1. The number of amides is 1.